The lowest BCUT2D eigenvalue weighted by molar-refractivity contribution is 0.432. The number of benzene rings is 2. The first-order valence-corrected chi connectivity index (χ1v) is 6.28. The van der Waals surface area contributed by atoms with Crippen LogP contribution in [0.25, 0.3) is 22.8 Å². The Labute approximate surface area is 120 Å². The van der Waals surface area contributed by atoms with E-state index in [0.29, 0.717) is 22.8 Å². The summed E-state index contributed by atoms with van der Waals surface area (Å²) in [5, 5.41) is 12.7. The highest BCUT2D eigenvalue weighted by molar-refractivity contribution is 5.63. The van der Waals surface area contributed by atoms with Gasteiger partial charge in [-0.1, -0.05) is 17.3 Å². The molecule has 0 saturated heterocycles. The zero-order valence-electron chi connectivity index (χ0n) is 11.2. The molecule has 0 atom stereocenters. The molecule has 0 spiro atoms. The van der Waals surface area contributed by atoms with E-state index < -0.39 is 0 Å². The van der Waals surface area contributed by atoms with Gasteiger partial charge in [-0.3, -0.25) is 0 Å². The molecule has 2 aromatic carbocycles. The van der Waals surface area contributed by atoms with Crippen LogP contribution in [0, 0.1) is 24.1 Å². The van der Waals surface area contributed by atoms with Crippen molar-refractivity contribution < 1.29 is 8.91 Å². The summed E-state index contributed by atoms with van der Waals surface area (Å²) < 4.78 is 18.4. The number of nitriles is 1. The van der Waals surface area contributed by atoms with Crippen molar-refractivity contribution in [1.82, 2.24) is 10.1 Å². The SMILES string of the molecule is Cc1cc(C#N)ccc1-c1nc(-c2cccc(F)c2)no1. The summed E-state index contributed by atoms with van der Waals surface area (Å²) >= 11 is 0. The molecule has 4 nitrogen and oxygen atoms in total. The van der Waals surface area contributed by atoms with E-state index >= 15 is 0 Å². The molecule has 0 amide bonds. The molecule has 5 heteroatoms. The third-order valence-corrected chi connectivity index (χ3v) is 3.09. The molecule has 0 saturated carbocycles. The maximum absolute atomic E-state index is 13.2. The Hall–Kier alpha value is -3.00. The highest BCUT2D eigenvalue weighted by Crippen LogP contribution is 2.25. The summed E-state index contributed by atoms with van der Waals surface area (Å²) in [6.45, 7) is 1.86. The van der Waals surface area contributed by atoms with E-state index in [1.54, 1.807) is 30.3 Å². The second kappa shape index (κ2) is 5.17. The van der Waals surface area contributed by atoms with Gasteiger partial charge in [-0.05, 0) is 42.8 Å². The van der Waals surface area contributed by atoms with E-state index in [2.05, 4.69) is 16.2 Å². The molecule has 0 aliphatic rings. The molecule has 0 N–H and O–H groups in total. The topological polar surface area (TPSA) is 62.7 Å². The van der Waals surface area contributed by atoms with Crippen molar-refractivity contribution in [3.63, 3.8) is 0 Å². The van der Waals surface area contributed by atoms with Gasteiger partial charge in [0.1, 0.15) is 5.82 Å². The fraction of sp³-hybridized carbons (Fsp3) is 0.0625. The molecular weight excluding hydrogens is 269 g/mol. The zero-order valence-corrected chi connectivity index (χ0v) is 11.2. The molecule has 0 aliphatic carbocycles. The summed E-state index contributed by atoms with van der Waals surface area (Å²) in [5.41, 5.74) is 2.74. The highest BCUT2D eigenvalue weighted by Gasteiger charge is 2.13. The molecule has 21 heavy (non-hydrogen) atoms. The first-order valence-electron chi connectivity index (χ1n) is 6.28. The predicted molar refractivity (Wildman–Crippen MR) is 74.6 cm³/mol. The number of hydrogen-bond acceptors (Lipinski definition) is 4. The van der Waals surface area contributed by atoms with E-state index in [0.717, 1.165) is 11.1 Å². The van der Waals surface area contributed by atoms with Crippen molar-refractivity contribution in [2.75, 3.05) is 0 Å². The van der Waals surface area contributed by atoms with Crippen LogP contribution in [-0.2, 0) is 0 Å². The average Bonchev–Trinajstić information content (AvgIpc) is 2.96. The van der Waals surface area contributed by atoms with Crippen molar-refractivity contribution >= 4 is 0 Å². The molecule has 1 heterocycles. The Morgan fingerprint density at radius 3 is 2.76 bits per heavy atom. The molecule has 1 aromatic heterocycles. The fourth-order valence-electron chi connectivity index (χ4n) is 2.05. The standard InChI is InChI=1S/C16H10FN3O/c1-10-7-11(9-18)5-6-14(10)16-19-15(20-21-16)12-3-2-4-13(17)8-12/h2-8H,1H3. The van der Waals surface area contributed by atoms with Crippen molar-refractivity contribution in [3.8, 4) is 28.9 Å². The Bertz CT molecular complexity index is 849. The fourth-order valence-corrected chi connectivity index (χ4v) is 2.05. The van der Waals surface area contributed by atoms with Crippen molar-refractivity contribution in [2.45, 2.75) is 6.92 Å². The Morgan fingerprint density at radius 1 is 1.19 bits per heavy atom. The van der Waals surface area contributed by atoms with Gasteiger partial charge >= 0.3 is 0 Å². The number of halogens is 1. The zero-order chi connectivity index (χ0) is 14.8. The van der Waals surface area contributed by atoms with E-state index in [4.69, 9.17) is 9.78 Å². The minimum absolute atomic E-state index is 0.327. The van der Waals surface area contributed by atoms with Crippen LogP contribution in [-0.4, -0.2) is 10.1 Å². The molecule has 102 valence electrons. The quantitative estimate of drug-likeness (QED) is 0.717. The first-order chi connectivity index (χ1) is 10.2. The lowest BCUT2D eigenvalue weighted by Crippen LogP contribution is -1.86. The maximum atomic E-state index is 13.2. The monoisotopic (exact) mass is 279 g/mol. The van der Waals surface area contributed by atoms with E-state index in [1.807, 2.05) is 6.92 Å². The van der Waals surface area contributed by atoms with Gasteiger partial charge in [0, 0.05) is 11.1 Å². The van der Waals surface area contributed by atoms with Crippen LogP contribution in [0.3, 0.4) is 0 Å². The summed E-state index contributed by atoms with van der Waals surface area (Å²) in [6, 6.07) is 13.3. The minimum Gasteiger partial charge on any atom is -0.334 e. The molecule has 0 bridgehead atoms. The number of aryl methyl sites for hydroxylation is 1. The Morgan fingerprint density at radius 2 is 2.05 bits per heavy atom. The van der Waals surface area contributed by atoms with Gasteiger partial charge < -0.3 is 4.52 Å². The van der Waals surface area contributed by atoms with Crippen LogP contribution < -0.4 is 0 Å². The Kier molecular flexibility index (Phi) is 3.20. The average molecular weight is 279 g/mol. The largest absolute Gasteiger partial charge is 0.334 e. The molecule has 0 radical (unpaired) electrons. The van der Waals surface area contributed by atoms with Crippen LogP contribution in [0.2, 0.25) is 0 Å². The molecule has 3 rings (SSSR count). The van der Waals surface area contributed by atoms with Gasteiger partial charge in [0.2, 0.25) is 5.82 Å². The van der Waals surface area contributed by atoms with Crippen LogP contribution in [0.4, 0.5) is 4.39 Å². The second-order valence-electron chi connectivity index (χ2n) is 4.57. The first kappa shape index (κ1) is 13.0. The van der Waals surface area contributed by atoms with Gasteiger partial charge in [0.15, 0.2) is 0 Å². The number of rotatable bonds is 2. The molecule has 0 aliphatic heterocycles. The maximum Gasteiger partial charge on any atom is 0.258 e. The van der Waals surface area contributed by atoms with Crippen LogP contribution in [0.15, 0.2) is 47.0 Å². The molecular formula is C16H10FN3O. The van der Waals surface area contributed by atoms with Gasteiger partial charge in [0.25, 0.3) is 5.89 Å². The van der Waals surface area contributed by atoms with Crippen molar-refractivity contribution in [3.05, 3.63) is 59.4 Å². The van der Waals surface area contributed by atoms with E-state index in [9.17, 15) is 4.39 Å². The predicted octanol–water partition coefficient (Wildman–Crippen LogP) is 3.72. The summed E-state index contributed by atoms with van der Waals surface area (Å²) in [6.07, 6.45) is 0. The van der Waals surface area contributed by atoms with Crippen LogP contribution >= 0.6 is 0 Å². The second-order valence-corrected chi connectivity index (χ2v) is 4.57. The lowest BCUT2D eigenvalue weighted by Gasteiger charge is -2.00. The normalized spacial score (nSPS) is 10.3. The minimum atomic E-state index is -0.353. The highest BCUT2D eigenvalue weighted by atomic mass is 19.1. The molecule has 3 aromatic rings. The summed E-state index contributed by atoms with van der Waals surface area (Å²) in [5.74, 6) is 0.318. The molecule has 0 fully saturated rings. The van der Waals surface area contributed by atoms with Gasteiger partial charge in [-0.25, -0.2) is 4.39 Å². The summed E-state index contributed by atoms with van der Waals surface area (Å²) in [7, 11) is 0. The summed E-state index contributed by atoms with van der Waals surface area (Å²) in [4.78, 5) is 4.28. The van der Waals surface area contributed by atoms with Crippen molar-refractivity contribution in [1.29, 1.82) is 5.26 Å². The third kappa shape index (κ3) is 2.51. The van der Waals surface area contributed by atoms with Crippen LogP contribution in [0.5, 0.6) is 0 Å². The van der Waals surface area contributed by atoms with Gasteiger partial charge in [-0.2, -0.15) is 10.2 Å². The smallest absolute Gasteiger partial charge is 0.258 e. The Balaban J connectivity index is 2.01. The van der Waals surface area contributed by atoms with Crippen LogP contribution in [0.1, 0.15) is 11.1 Å². The van der Waals surface area contributed by atoms with E-state index in [1.165, 1.54) is 12.1 Å². The lowest BCUT2D eigenvalue weighted by atomic mass is 10.1. The van der Waals surface area contributed by atoms with Gasteiger partial charge in [-0.15, -0.1) is 0 Å². The molecule has 0 unspecified atom stereocenters. The third-order valence-electron chi connectivity index (χ3n) is 3.09. The number of nitrogens with zero attached hydrogens (tertiary/aromatic N) is 3. The van der Waals surface area contributed by atoms with Crippen molar-refractivity contribution in [2.24, 2.45) is 0 Å². The van der Waals surface area contributed by atoms with E-state index in [-0.39, 0.29) is 5.82 Å². The number of aromatic nitrogens is 2. The number of hydrogen-bond donors (Lipinski definition) is 0. The van der Waals surface area contributed by atoms with Gasteiger partial charge in [0.05, 0.1) is 11.6 Å².